The number of nitrogens with one attached hydrogen (secondary N) is 2. The highest BCUT2D eigenvalue weighted by atomic mass is 16.5. The Labute approximate surface area is 202 Å². The van der Waals surface area contributed by atoms with Crippen LogP contribution in [0.4, 0.5) is 0 Å². The Morgan fingerprint density at radius 3 is 1.94 bits per heavy atom. The van der Waals surface area contributed by atoms with Gasteiger partial charge in [0.15, 0.2) is 0 Å². The predicted octanol–water partition coefficient (Wildman–Crippen LogP) is 4.07. The molecule has 0 aliphatic carbocycles. The minimum absolute atomic E-state index is 0.0757. The third kappa shape index (κ3) is 9.48. The number of esters is 1. The zero-order chi connectivity index (χ0) is 25.9. The standard InChI is InChI=1S/C26H49N3O4/c1-12-26(13-2,28-19(8)9)25(32)27-21(15-17(4)5)23(30)29(11)22(18(6)7)16-20(10)24(31)33-14-3/h16-19,21-22,28H,12-15H2,1-11H3,(H,27,32)/b20-16+/t21?,22-/m1/s1. The van der Waals surface area contributed by atoms with Crippen molar-refractivity contribution in [3.05, 3.63) is 11.6 Å². The minimum Gasteiger partial charge on any atom is -0.463 e. The van der Waals surface area contributed by atoms with E-state index in [0.717, 1.165) is 0 Å². The summed E-state index contributed by atoms with van der Waals surface area (Å²) in [5.41, 5.74) is -0.253. The number of rotatable bonds is 14. The summed E-state index contributed by atoms with van der Waals surface area (Å²) in [5.74, 6) is -0.391. The number of likely N-dealkylation sites (N-methyl/N-ethyl adjacent to an activating group) is 1. The monoisotopic (exact) mass is 467 g/mol. The van der Waals surface area contributed by atoms with Crippen LogP contribution in [-0.4, -0.2) is 60.0 Å². The van der Waals surface area contributed by atoms with Gasteiger partial charge in [-0.1, -0.05) is 47.6 Å². The molecule has 192 valence electrons. The molecule has 2 amide bonds. The van der Waals surface area contributed by atoms with Crippen molar-refractivity contribution in [1.82, 2.24) is 15.5 Å². The second kappa shape index (κ2) is 14.4. The Morgan fingerprint density at radius 1 is 1.00 bits per heavy atom. The molecule has 0 rings (SSSR count). The number of carbonyl (C=O) groups excluding carboxylic acids is 3. The second-order valence-electron chi connectivity index (χ2n) is 10.00. The third-order valence-electron chi connectivity index (χ3n) is 6.01. The van der Waals surface area contributed by atoms with Crippen molar-refractivity contribution in [2.75, 3.05) is 13.7 Å². The molecule has 0 aromatic heterocycles. The van der Waals surface area contributed by atoms with E-state index >= 15 is 0 Å². The first-order valence-electron chi connectivity index (χ1n) is 12.5. The van der Waals surface area contributed by atoms with Crippen molar-refractivity contribution in [1.29, 1.82) is 0 Å². The zero-order valence-corrected chi connectivity index (χ0v) is 22.9. The Morgan fingerprint density at radius 2 is 1.55 bits per heavy atom. The number of hydrogen-bond donors (Lipinski definition) is 2. The predicted molar refractivity (Wildman–Crippen MR) is 135 cm³/mol. The molecule has 0 radical (unpaired) electrons. The fourth-order valence-corrected chi connectivity index (χ4v) is 4.10. The lowest BCUT2D eigenvalue weighted by Gasteiger charge is -2.37. The molecule has 0 aromatic rings. The van der Waals surface area contributed by atoms with Gasteiger partial charge >= 0.3 is 5.97 Å². The number of amides is 2. The first-order chi connectivity index (χ1) is 15.3. The van der Waals surface area contributed by atoms with Crippen LogP contribution in [0.15, 0.2) is 11.6 Å². The first kappa shape index (κ1) is 31.1. The van der Waals surface area contributed by atoms with Crippen molar-refractivity contribution >= 4 is 17.8 Å². The fraction of sp³-hybridized carbons (Fsp3) is 0.808. The van der Waals surface area contributed by atoms with Crippen molar-refractivity contribution in [2.24, 2.45) is 11.8 Å². The van der Waals surface area contributed by atoms with Crippen molar-refractivity contribution in [3.8, 4) is 0 Å². The molecule has 7 nitrogen and oxygen atoms in total. The van der Waals surface area contributed by atoms with Crippen LogP contribution in [0.3, 0.4) is 0 Å². The van der Waals surface area contributed by atoms with E-state index in [9.17, 15) is 14.4 Å². The van der Waals surface area contributed by atoms with Gasteiger partial charge in [-0.25, -0.2) is 4.79 Å². The van der Waals surface area contributed by atoms with Gasteiger partial charge in [0.05, 0.1) is 18.2 Å². The molecule has 2 N–H and O–H groups in total. The second-order valence-corrected chi connectivity index (χ2v) is 10.00. The van der Waals surface area contributed by atoms with Gasteiger partial charge in [-0.2, -0.15) is 0 Å². The molecule has 0 saturated heterocycles. The van der Waals surface area contributed by atoms with Gasteiger partial charge < -0.3 is 20.3 Å². The number of ether oxygens (including phenoxy) is 1. The van der Waals surface area contributed by atoms with E-state index in [1.807, 2.05) is 55.4 Å². The van der Waals surface area contributed by atoms with Gasteiger partial charge in [0.1, 0.15) is 6.04 Å². The summed E-state index contributed by atoms with van der Waals surface area (Å²) in [7, 11) is 1.74. The maximum atomic E-state index is 13.6. The molecule has 33 heavy (non-hydrogen) atoms. The summed E-state index contributed by atoms with van der Waals surface area (Å²) in [6, 6.07) is -0.810. The van der Waals surface area contributed by atoms with Crippen LogP contribution in [-0.2, 0) is 19.1 Å². The Bertz CT molecular complexity index is 666. The number of carbonyl (C=O) groups is 3. The van der Waals surface area contributed by atoms with Gasteiger partial charge in [-0.05, 0) is 58.8 Å². The Balaban J connectivity index is 5.94. The SMILES string of the molecule is CCOC(=O)/C(C)=C/[C@H](C(C)C)N(C)C(=O)C(CC(C)C)NC(=O)C(CC)(CC)NC(C)C. The molecule has 0 heterocycles. The number of hydrogen-bond acceptors (Lipinski definition) is 5. The molecular formula is C26H49N3O4. The van der Waals surface area contributed by atoms with Gasteiger partial charge in [-0.15, -0.1) is 0 Å². The molecule has 0 spiro atoms. The van der Waals surface area contributed by atoms with Crippen molar-refractivity contribution < 1.29 is 19.1 Å². The molecule has 0 aliphatic rings. The van der Waals surface area contributed by atoms with Crippen LogP contribution in [0.1, 0.15) is 88.5 Å². The summed E-state index contributed by atoms with van der Waals surface area (Å²) >= 11 is 0. The lowest BCUT2D eigenvalue weighted by Crippen LogP contribution is -2.62. The molecule has 2 atom stereocenters. The zero-order valence-electron chi connectivity index (χ0n) is 22.9. The van der Waals surface area contributed by atoms with E-state index in [4.69, 9.17) is 4.74 Å². The van der Waals surface area contributed by atoms with Crippen LogP contribution >= 0.6 is 0 Å². The maximum Gasteiger partial charge on any atom is 0.333 e. The Kier molecular flexibility index (Phi) is 13.6. The van der Waals surface area contributed by atoms with Crippen LogP contribution in [0.5, 0.6) is 0 Å². The van der Waals surface area contributed by atoms with Gasteiger partial charge in [0.25, 0.3) is 0 Å². The van der Waals surface area contributed by atoms with E-state index in [1.165, 1.54) is 0 Å². The molecule has 0 aliphatic heterocycles. The topological polar surface area (TPSA) is 87.7 Å². The summed E-state index contributed by atoms with van der Waals surface area (Å²) < 4.78 is 5.10. The normalized spacial score (nSPS) is 14.4. The lowest BCUT2D eigenvalue weighted by molar-refractivity contribution is -0.140. The summed E-state index contributed by atoms with van der Waals surface area (Å²) in [4.78, 5) is 40.8. The lowest BCUT2D eigenvalue weighted by atomic mass is 9.89. The summed E-state index contributed by atoms with van der Waals surface area (Å²) in [6.45, 7) is 19.9. The highest BCUT2D eigenvalue weighted by Gasteiger charge is 2.38. The molecule has 1 unspecified atom stereocenters. The Hall–Kier alpha value is -1.89. The fourth-order valence-electron chi connectivity index (χ4n) is 4.10. The molecule has 0 fully saturated rings. The molecule has 7 heteroatoms. The van der Waals surface area contributed by atoms with E-state index < -0.39 is 11.6 Å². The van der Waals surface area contributed by atoms with Crippen molar-refractivity contribution in [2.45, 2.75) is 112 Å². The number of nitrogens with zero attached hydrogens (tertiary/aromatic N) is 1. The average molecular weight is 468 g/mol. The highest BCUT2D eigenvalue weighted by Crippen LogP contribution is 2.20. The van der Waals surface area contributed by atoms with Crippen molar-refractivity contribution in [3.63, 3.8) is 0 Å². The van der Waals surface area contributed by atoms with E-state index in [2.05, 4.69) is 10.6 Å². The third-order valence-corrected chi connectivity index (χ3v) is 6.01. The van der Waals surface area contributed by atoms with Crippen LogP contribution in [0.2, 0.25) is 0 Å². The van der Waals surface area contributed by atoms with E-state index in [0.29, 0.717) is 31.4 Å². The minimum atomic E-state index is -0.722. The van der Waals surface area contributed by atoms with Crippen LogP contribution in [0.25, 0.3) is 0 Å². The van der Waals surface area contributed by atoms with E-state index in [1.54, 1.807) is 31.9 Å². The summed E-state index contributed by atoms with van der Waals surface area (Å²) in [5, 5.41) is 6.48. The molecule has 0 saturated carbocycles. The largest absolute Gasteiger partial charge is 0.463 e. The molecule has 0 aromatic carbocycles. The van der Waals surface area contributed by atoms with Gasteiger partial charge in [0, 0.05) is 18.7 Å². The van der Waals surface area contributed by atoms with E-state index in [-0.39, 0.29) is 41.7 Å². The highest BCUT2D eigenvalue weighted by molar-refractivity contribution is 5.92. The summed E-state index contributed by atoms with van der Waals surface area (Å²) in [6.07, 6.45) is 3.58. The average Bonchev–Trinajstić information content (AvgIpc) is 2.73. The molecular weight excluding hydrogens is 418 g/mol. The van der Waals surface area contributed by atoms with Crippen LogP contribution < -0.4 is 10.6 Å². The smallest absolute Gasteiger partial charge is 0.333 e. The van der Waals surface area contributed by atoms with Crippen LogP contribution in [0, 0.1) is 11.8 Å². The maximum absolute atomic E-state index is 13.6. The molecule has 0 bridgehead atoms. The van der Waals surface area contributed by atoms with Gasteiger partial charge in [-0.3, -0.25) is 9.59 Å². The first-order valence-corrected chi connectivity index (χ1v) is 12.5. The van der Waals surface area contributed by atoms with Gasteiger partial charge in [0.2, 0.25) is 11.8 Å². The quantitative estimate of drug-likeness (QED) is 0.297.